The molecule has 0 spiro atoms. The zero-order valence-corrected chi connectivity index (χ0v) is 74.9. The van der Waals surface area contributed by atoms with Crippen molar-refractivity contribution in [1.82, 2.24) is 29.9 Å². The van der Waals surface area contributed by atoms with Gasteiger partial charge in [-0.05, 0) is 184 Å². The summed E-state index contributed by atoms with van der Waals surface area (Å²) in [6.07, 6.45) is 14.6. The molecule has 0 radical (unpaired) electrons. The average molecular weight is 1870 g/mol. The van der Waals surface area contributed by atoms with E-state index in [0.29, 0.717) is 35.9 Å². The van der Waals surface area contributed by atoms with E-state index >= 15 is 0 Å². The van der Waals surface area contributed by atoms with Crippen LogP contribution in [0, 0.1) is 27.7 Å². The van der Waals surface area contributed by atoms with Crippen LogP contribution in [0.1, 0.15) is 147 Å². The summed E-state index contributed by atoms with van der Waals surface area (Å²) >= 11 is 19.5. The summed E-state index contributed by atoms with van der Waals surface area (Å²) in [6, 6.07) is 45.7. The quantitative estimate of drug-likeness (QED) is 0.0342. The third-order valence-corrected chi connectivity index (χ3v) is 23.0. The van der Waals surface area contributed by atoms with Crippen molar-refractivity contribution in [1.29, 1.82) is 0 Å². The lowest BCUT2D eigenvalue weighted by molar-refractivity contribution is -0.138. The number of pyridine rings is 2. The number of nitrogen functional groups attached to an aromatic ring is 1. The summed E-state index contributed by atoms with van der Waals surface area (Å²) in [6.45, 7) is 30.5. The van der Waals surface area contributed by atoms with Crippen LogP contribution in [-0.2, 0) is 75.0 Å². The fraction of sp³-hybridized carbons (Fsp3) is 0.267. The minimum Gasteiger partial charge on any atom is -0.481 e. The molecule has 5 N–H and O–H groups in total. The molecule has 1 aliphatic heterocycles. The number of carboxylic acid groups (broad SMARTS) is 2. The summed E-state index contributed by atoms with van der Waals surface area (Å²) in [5.74, 6) is -1.79. The minimum absolute atomic E-state index is 0.0509. The van der Waals surface area contributed by atoms with Gasteiger partial charge in [-0.25, -0.2) is 24.9 Å². The van der Waals surface area contributed by atoms with Crippen molar-refractivity contribution in [3.8, 4) is 11.1 Å². The lowest BCUT2D eigenvalue weighted by Crippen LogP contribution is -2.41. The van der Waals surface area contributed by atoms with E-state index in [1.54, 1.807) is 90.0 Å². The van der Waals surface area contributed by atoms with Crippen LogP contribution in [0.15, 0.2) is 226 Å². The lowest BCUT2D eigenvalue weighted by atomic mass is 9.77. The molecule has 596 valence electrons. The molecular weight excluding hydrogens is 1780 g/mol. The predicted octanol–water partition coefficient (Wildman–Crippen LogP) is 20.2. The van der Waals surface area contributed by atoms with E-state index in [1.165, 1.54) is 23.5 Å². The molecule has 0 saturated carbocycles. The largest absolute Gasteiger partial charge is 0.494 e. The number of rotatable bonds is 23. The Bertz CT molecular complexity index is 5040. The number of nitrogens with one attached hydrogen (secondary N) is 1. The Morgan fingerprint density at radius 2 is 0.921 bits per heavy atom. The second-order valence-corrected chi connectivity index (χ2v) is 36.1. The molecule has 7 heterocycles. The van der Waals surface area contributed by atoms with E-state index in [1.807, 2.05) is 210 Å². The van der Waals surface area contributed by atoms with Crippen molar-refractivity contribution < 1.29 is 53.1 Å². The monoisotopic (exact) mass is 1870 g/mol. The molecule has 5 aromatic carbocycles. The molecule has 4 unspecified atom stereocenters. The third kappa shape index (κ3) is 31.8. The van der Waals surface area contributed by atoms with E-state index in [2.05, 4.69) is 112 Å². The van der Waals surface area contributed by atoms with E-state index in [4.69, 9.17) is 25.3 Å². The normalized spacial score (nSPS) is 13.1. The second-order valence-electron chi connectivity index (χ2n) is 27.2. The van der Waals surface area contributed by atoms with E-state index in [-0.39, 0.29) is 70.8 Å². The van der Waals surface area contributed by atoms with Crippen molar-refractivity contribution >= 4 is 174 Å². The number of carboxylic acids is 2. The van der Waals surface area contributed by atoms with Gasteiger partial charge in [0.05, 0.1) is 49.2 Å². The fourth-order valence-electron chi connectivity index (χ4n) is 10.3. The molecule has 114 heavy (non-hydrogen) atoms. The van der Waals surface area contributed by atoms with Crippen LogP contribution in [0.2, 0.25) is 0 Å². The van der Waals surface area contributed by atoms with Gasteiger partial charge in [-0.1, -0.05) is 173 Å². The summed E-state index contributed by atoms with van der Waals surface area (Å²) in [5.41, 5.74) is 12.8. The summed E-state index contributed by atoms with van der Waals surface area (Å²) in [4.78, 5) is 110. The van der Waals surface area contributed by atoms with Crippen LogP contribution in [0.3, 0.4) is 0 Å². The van der Waals surface area contributed by atoms with Gasteiger partial charge in [0, 0.05) is 104 Å². The second kappa shape index (κ2) is 46.1. The molecule has 28 heteroatoms. The van der Waals surface area contributed by atoms with Crippen molar-refractivity contribution in [3.63, 3.8) is 0 Å². The van der Waals surface area contributed by atoms with Crippen molar-refractivity contribution in [2.24, 2.45) is 0 Å². The molecule has 6 aromatic heterocycles. The number of aromatic nitrogens is 6. The van der Waals surface area contributed by atoms with Crippen LogP contribution in [0.4, 0.5) is 10.9 Å². The number of amides is 1. The number of anilines is 2. The number of carbonyl (C=O) groups excluding carboxylic acids is 5. The number of allylic oxidation sites excluding steroid dienone is 1. The van der Waals surface area contributed by atoms with Crippen molar-refractivity contribution in [2.75, 3.05) is 11.1 Å². The van der Waals surface area contributed by atoms with E-state index < -0.39 is 25.0 Å². The SMILES string of the molecule is C=CC(=O)Cc1ccc(-c2cccc(C(C)C(=O)Cc3ncc(C)s3)c2)cn1.C=CC(=O)Nc1ccc(Br)cn1.CC(C(=O)O)c1cccc(Br)c1.Cc1cnc(CC(=O)C(C)c2cccc(B3OC(C)(C)C(C)(C)O3)c2)s1.Cc1cnc(CC(=O)C(C)c2cccc(Br)c2)s1.Cc1cnc(N)s1.O=C(O)Cc1cccc(Br)c1. The first-order valence-corrected chi connectivity index (χ1v) is 42.3. The third-order valence-electron chi connectivity index (χ3n) is 17.6. The van der Waals surface area contributed by atoms with Crippen LogP contribution in [0.5, 0.6) is 0 Å². The van der Waals surface area contributed by atoms with Gasteiger partial charge in [0.15, 0.2) is 10.9 Å². The Labute approximate surface area is 716 Å². The van der Waals surface area contributed by atoms with Gasteiger partial charge in [0.2, 0.25) is 5.91 Å². The van der Waals surface area contributed by atoms with Gasteiger partial charge < -0.3 is 30.6 Å². The maximum atomic E-state index is 12.7. The van der Waals surface area contributed by atoms with Crippen LogP contribution >= 0.6 is 109 Å². The molecule has 1 amide bonds. The number of aliphatic carboxylic acids is 2. The van der Waals surface area contributed by atoms with Crippen LogP contribution in [-0.4, -0.2) is 99.4 Å². The smallest absolute Gasteiger partial charge is 0.481 e. The first kappa shape index (κ1) is 94.1. The first-order chi connectivity index (χ1) is 53.9. The topological polar surface area (TPSA) is 294 Å². The van der Waals surface area contributed by atoms with Gasteiger partial charge in [-0.2, -0.15) is 0 Å². The van der Waals surface area contributed by atoms with Crippen LogP contribution in [0.25, 0.3) is 11.1 Å². The van der Waals surface area contributed by atoms with Crippen molar-refractivity contribution in [3.05, 3.63) is 294 Å². The predicted molar refractivity (Wildman–Crippen MR) is 475 cm³/mol. The molecule has 1 fully saturated rings. The maximum absolute atomic E-state index is 12.7. The Kier molecular flexibility index (Phi) is 38.0. The summed E-state index contributed by atoms with van der Waals surface area (Å²) < 4.78 is 16.0. The highest BCUT2D eigenvalue weighted by molar-refractivity contribution is 9.11. The summed E-state index contributed by atoms with van der Waals surface area (Å²) in [5, 5.41) is 23.0. The van der Waals surface area contributed by atoms with Gasteiger partial charge in [0.25, 0.3) is 0 Å². The molecule has 0 bridgehead atoms. The Morgan fingerprint density at radius 1 is 0.474 bits per heavy atom. The van der Waals surface area contributed by atoms with Crippen molar-refractivity contribution in [2.45, 2.75) is 150 Å². The Morgan fingerprint density at radius 3 is 1.31 bits per heavy atom. The summed E-state index contributed by atoms with van der Waals surface area (Å²) in [7, 11) is -0.413. The Balaban J connectivity index is 0.000000216. The number of nitrogens with zero attached hydrogens (tertiary/aromatic N) is 6. The number of nitrogens with two attached hydrogens (primary N) is 1. The number of carbonyl (C=O) groups is 7. The van der Waals surface area contributed by atoms with E-state index in [9.17, 15) is 33.6 Å². The number of Topliss-reactive ketones (excluding diaryl/α,β-unsaturated/α-hetero) is 3. The van der Waals surface area contributed by atoms with Crippen LogP contribution < -0.4 is 16.5 Å². The number of hydrogen-bond donors (Lipinski definition) is 4. The van der Waals surface area contributed by atoms with Gasteiger partial charge in [-0.15, -0.1) is 45.3 Å². The molecule has 4 atom stereocenters. The van der Waals surface area contributed by atoms with Gasteiger partial charge >= 0.3 is 19.1 Å². The van der Waals surface area contributed by atoms with Gasteiger partial charge in [0.1, 0.15) is 38.2 Å². The number of benzene rings is 5. The molecule has 1 saturated heterocycles. The highest BCUT2D eigenvalue weighted by Gasteiger charge is 2.51. The first-order valence-electron chi connectivity index (χ1n) is 35.8. The molecule has 1 aliphatic rings. The Hall–Kier alpha value is -8.81. The van der Waals surface area contributed by atoms with E-state index in [0.717, 1.165) is 96.8 Å². The number of aryl methyl sites for hydroxylation is 4. The maximum Gasteiger partial charge on any atom is 0.494 e. The number of thiazole rings is 4. The fourth-order valence-corrected chi connectivity index (χ4v) is 14.8. The molecule has 19 nitrogen and oxygen atoms in total. The number of hydrogen-bond acceptors (Lipinski definition) is 20. The molecule has 11 aromatic rings. The highest BCUT2D eigenvalue weighted by atomic mass is 79.9. The highest BCUT2D eigenvalue weighted by Crippen LogP contribution is 2.37. The molecule has 0 aliphatic carbocycles. The molecule has 12 rings (SSSR count). The minimum atomic E-state index is -0.803. The number of halogens is 4. The number of ketones is 4. The lowest BCUT2D eigenvalue weighted by Gasteiger charge is -2.32. The van der Waals surface area contributed by atoms with Gasteiger partial charge in [-0.3, -0.25) is 38.5 Å². The molecular formula is C86H91BBr4N8O11S4. The zero-order chi connectivity index (χ0) is 84.0. The zero-order valence-electron chi connectivity index (χ0n) is 65.3. The average Bonchev–Trinajstić information content (AvgIpc) is 1.62. The standard InChI is InChI=1S/C23H22N2O2S.C20H26BNO3S.C14H14BrNOS.C9H9BrO2.C8H7BrN2O.C8H7BrO2.C4H6N2S/c1-4-21(26)11-20-9-8-19(14-24-20)18-7-5-6-17(10-18)16(3)22(27)12-23-25-13-15(2)28-23;1-13-12-22-18(26-13)11-17(23)14(2)15-8-7-9-16(10-15)21-24-19(3,4)20(5,6)25-21;1-9-8-16-14(18-9)7-13(17)10(2)11-4-3-5-12(15)6-11;1-6(9(11)12)7-3-2-4-8(10)5-7;1-2-8(12)11-7-4-3-6(9)5-10-7;9-7-3-1-2-6(4-7)5-8(10)11;1-3-2-6-4(5)7-3/h4-10,13-14,16H,1,11-12H2,2-3H3;7-10,12,14H,11H2,1-6H3;3-6,8,10H,7H2,1-2H3;2-6H,1H3,(H,11,12);2-5H,1H2,(H,10,11,12);1-4H,5H2,(H,10,11);2H,1H3,(H2,5,6).